The molecule has 2 aromatic carbocycles. The molecule has 0 radical (unpaired) electrons. The molecule has 0 bridgehead atoms. The van der Waals surface area contributed by atoms with Gasteiger partial charge in [-0.1, -0.05) is 30.3 Å². The van der Waals surface area contributed by atoms with E-state index in [-0.39, 0.29) is 11.8 Å². The Hall–Kier alpha value is -2.82. The van der Waals surface area contributed by atoms with E-state index in [9.17, 15) is 14.7 Å². The molecule has 2 aliphatic rings. The number of amides is 1. The zero-order valence-corrected chi connectivity index (χ0v) is 13.0. The molecule has 24 heavy (non-hydrogen) atoms. The van der Waals surface area contributed by atoms with Gasteiger partial charge in [-0.3, -0.25) is 4.79 Å². The maximum absolute atomic E-state index is 12.5. The highest BCUT2D eigenvalue weighted by molar-refractivity contribution is 5.90. The predicted octanol–water partition coefficient (Wildman–Crippen LogP) is 2.20. The van der Waals surface area contributed by atoms with Gasteiger partial charge in [0.1, 0.15) is 5.75 Å². The number of carboxylic acids is 1. The molecule has 0 fully saturated rings. The van der Waals surface area contributed by atoms with Gasteiger partial charge < -0.3 is 15.2 Å². The highest BCUT2D eigenvalue weighted by atomic mass is 16.5. The predicted molar refractivity (Wildman–Crippen MR) is 87.0 cm³/mol. The Labute approximate surface area is 139 Å². The first-order valence-corrected chi connectivity index (χ1v) is 8.00. The summed E-state index contributed by atoms with van der Waals surface area (Å²) in [6.07, 6.45) is 1.42. The minimum atomic E-state index is -1.06. The lowest BCUT2D eigenvalue weighted by Crippen LogP contribution is -2.40. The Balaban J connectivity index is 1.54. The van der Waals surface area contributed by atoms with Gasteiger partial charge in [-0.25, -0.2) is 4.79 Å². The van der Waals surface area contributed by atoms with Gasteiger partial charge in [0, 0.05) is 6.42 Å². The molecule has 122 valence electrons. The van der Waals surface area contributed by atoms with Crippen LogP contribution < -0.4 is 10.1 Å². The SMILES string of the molecule is O=C(NC(C(=O)O)c1ccc2c(c1)CCO2)C1Cc2ccccc21. The van der Waals surface area contributed by atoms with Crippen molar-refractivity contribution in [3.05, 3.63) is 64.7 Å². The molecule has 2 N–H and O–H groups in total. The number of carbonyl (C=O) groups is 2. The first kappa shape index (κ1) is 14.8. The number of carboxylic acid groups (broad SMARTS) is 1. The van der Waals surface area contributed by atoms with Crippen LogP contribution in [-0.2, 0) is 22.4 Å². The summed E-state index contributed by atoms with van der Waals surface area (Å²) in [7, 11) is 0. The molecule has 2 unspecified atom stereocenters. The van der Waals surface area contributed by atoms with E-state index in [4.69, 9.17) is 4.74 Å². The quantitative estimate of drug-likeness (QED) is 0.904. The molecule has 1 aliphatic carbocycles. The number of rotatable bonds is 4. The molecule has 0 aromatic heterocycles. The summed E-state index contributed by atoms with van der Waals surface area (Å²) in [6, 6.07) is 12.0. The summed E-state index contributed by atoms with van der Waals surface area (Å²) in [5.74, 6) is -0.768. The normalized spacial score (nSPS) is 18.6. The van der Waals surface area contributed by atoms with Crippen LogP contribution in [0.5, 0.6) is 5.75 Å². The Bertz CT molecular complexity index is 830. The summed E-state index contributed by atoms with van der Waals surface area (Å²) in [4.78, 5) is 24.2. The van der Waals surface area contributed by atoms with Gasteiger partial charge in [-0.05, 0) is 40.8 Å². The largest absolute Gasteiger partial charge is 0.493 e. The third-order valence-electron chi connectivity index (χ3n) is 4.75. The van der Waals surface area contributed by atoms with E-state index in [1.165, 1.54) is 0 Å². The van der Waals surface area contributed by atoms with Crippen molar-refractivity contribution in [2.24, 2.45) is 0 Å². The monoisotopic (exact) mass is 323 g/mol. The van der Waals surface area contributed by atoms with Crippen LogP contribution in [-0.4, -0.2) is 23.6 Å². The van der Waals surface area contributed by atoms with Gasteiger partial charge in [-0.2, -0.15) is 0 Å². The van der Waals surface area contributed by atoms with E-state index in [0.29, 0.717) is 18.6 Å². The van der Waals surface area contributed by atoms with E-state index in [0.717, 1.165) is 28.9 Å². The molecule has 2 atom stereocenters. The Morgan fingerprint density at radius 1 is 1.17 bits per heavy atom. The maximum Gasteiger partial charge on any atom is 0.330 e. The average molecular weight is 323 g/mol. The van der Waals surface area contributed by atoms with Crippen LogP contribution in [0.3, 0.4) is 0 Å². The summed E-state index contributed by atoms with van der Waals surface area (Å²) in [6.45, 7) is 0.613. The van der Waals surface area contributed by atoms with Gasteiger partial charge in [0.05, 0.1) is 12.5 Å². The topological polar surface area (TPSA) is 75.6 Å². The third-order valence-corrected chi connectivity index (χ3v) is 4.75. The summed E-state index contributed by atoms with van der Waals surface area (Å²) >= 11 is 0. The average Bonchev–Trinajstić information content (AvgIpc) is 3.01. The number of carbonyl (C=O) groups excluding carboxylic acids is 1. The van der Waals surface area contributed by atoms with Crippen LogP contribution in [0.4, 0.5) is 0 Å². The minimum Gasteiger partial charge on any atom is -0.493 e. The zero-order chi connectivity index (χ0) is 16.7. The first-order valence-electron chi connectivity index (χ1n) is 8.00. The second kappa shape index (κ2) is 5.67. The fourth-order valence-corrected chi connectivity index (χ4v) is 3.41. The highest BCUT2D eigenvalue weighted by Gasteiger charge is 2.34. The van der Waals surface area contributed by atoms with Crippen molar-refractivity contribution in [2.45, 2.75) is 24.8 Å². The molecule has 0 saturated carbocycles. The lowest BCUT2D eigenvalue weighted by molar-refractivity contribution is -0.142. The molecular weight excluding hydrogens is 306 g/mol. The molecular formula is C19H17NO4. The molecule has 1 aliphatic heterocycles. The van der Waals surface area contributed by atoms with Crippen molar-refractivity contribution in [3.63, 3.8) is 0 Å². The van der Waals surface area contributed by atoms with Crippen molar-refractivity contribution >= 4 is 11.9 Å². The fourth-order valence-electron chi connectivity index (χ4n) is 3.41. The van der Waals surface area contributed by atoms with E-state index in [1.54, 1.807) is 12.1 Å². The van der Waals surface area contributed by atoms with Crippen LogP contribution in [0.25, 0.3) is 0 Å². The standard InChI is InChI=1S/C19H17NO4/c21-18(15-10-11-3-1-2-4-14(11)15)20-17(19(22)23)13-5-6-16-12(9-13)7-8-24-16/h1-6,9,15,17H,7-8,10H2,(H,20,21)(H,22,23). The second-order valence-corrected chi connectivity index (χ2v) is 6.20. The third kappa shape index (κ3) is 2.42. The van der Waals surface area contributed by atoms with Crippen LogP contribution in [0.15, 0.2) is 42.5 Å². The molecule has 0 spiro atoms. The number of benzene rings is 2. The van der Waals surface area contributed by atoms with E-state index < -0.39 is 12.0 Å². The number of fused-ring (bicyclic) bond motifs is 2. The van der Waals surface area contributed by atoms with Crippen LogP contribution in [0.2, 0.25) is 0 Å². The van der Waals surface area contributed by atoms with Gasteiger partial charge >= 0.3 is 5.97 Å². The van der Waals surface area contributed by atoms with Crippen LogP contribution in [0, 0.1) is 0 Å². The van der Waals surface area contributed by atoms with Crippen molar-refractivity contribution in [1.29, 1.82) is 0 Å². The Morgan fingerprint density at radius 3 is 2.79 bits per heavy atom. The molecule has 5 nitrogen and oxygen atoms in total. The Kier molecular flexibility index (Phi) is 3.49. The van der Waals surface area contributed by atoms with Crippen molar-refractivity contribution in [3.8, 4) is 5.75 Å². The number of aliphatic carboxylic acids is 1. The summed E-state index contributed by atoms with van der Waals surface area (Å²) in [5, 5.41) is 12.2. The molecule has 1 heterocycles. The summed E-state index contributed by atoms with van der Waals surface area (Å²) in [5.41, 5.74) is 3.70. The van der Waals surface area contributed by atoms with Crippen molar-refractivity contribution < 1.29 is 19.4 Å². The van der Waals surface area contributed by atoms with Crippen molar-refractivity contribution in [1.82, 2.24) is 5.32 Å². The number of hydrogen-bond donors (Lipinski definition) is 2. The van der Waals surface area contributed by atoms with Gasteiger partial charge in [0.15, 0.2) is 6.04 Å². The number of ether oxygens (including phenoxy) is 1. The fraction of sp³-hybridized carbons (Fsp3) is 0.263. The Morgan fingerprint density at radius 2 is 2.00 bits per heavy atom. The van der Waals surface area contributed by atoms with Crippen LogP contribution >= 0.6 is 0 Å². The van der Waals surface area contributed by atoms with Gasteiger partial charge in [0.25, 0.3) is 0 Å². The number of hydrogen-bond acceptors (Lipinski definition) is 3. The van der Waals surface area contributed by atoms with E-state index >= 15 is 0 Å². The molecule has 2 aromatic rings. The van der Waals surface area contributed by atoms with E-state index in [1.807, 2.05) is 30.3 Å². The molecule has 1 amide bonds. The van der Waals surface area contributed by atoms with E-state index in [2.05, 4.69) is 5.32 Å². The first-order chi connectivity index (χ1) is 11.6. The van der Waals surface area contributed by atoms with Gasteiger partial charge in [0.2, 0.25) is 5.91 Å². The minimum absolute atomic E-state index is 0.238. The molecule has 4 rings (SSSR count). The molecule has 5 heteroatoms. The smallest absolute Gasteiger partial charge is 0.330 e. The lowest BCUT2D eigenvalue weighted by Gasteiger charge is -2.30. The second-order valence-electron chi connectivity index (χ2n) is 6.20. The number of nitrogens with one attached hydrogen (secondary N) is 1. The van der Waals surface area contributed by atoms with Crippen LogP contribution in [0.1, 0.15) is 34.2 Å². The highest BCUT2D eigenvalue weighted by Crippen LogP contribution is 2.35. The maximum atomic E-state index is 12.5. The van der Waals surface area contributed by atoms with Gasteiger partial charge in [-0.15, -0.1) is 0 Å². The zero-order valence-electron chi connectivity index (χ0n) is 13.0. The molecule has 0 saturated heterocycles. The summed E-state index contributed by atoms with van der Waals surface area (Å²) < 4.78 is 5.44. The lowest BCUT2D eigenvalue weighted by atomic mass is 9.77. The van der Waals surface area contributed by atoms with Crippen molar-refractivity contribution in [2.75, 3.05) is 6.61 Å².